The third-order valence-electron chi connectivity index (χ3n) is 2.14. The summed E-state index contributed by atoms with van der Waals surface area (Å²) in [4.78, 5) is 0. The number of hydrogen-bond donors (Lipinski definition) is 4. The van der Waals surface area contributed by atoms with E-state index in [1.54, 1.807) is 12.1 Å². The van der Waals surface area contributed by atoms with E-state index in [2.05, 4.69) is 0 Å². The SMILES string of the molecule is NC(CCO)c1ccc(O)c(CO)c1. The Morgan fingerprint density at radius 1 is 1.29 bits per heavy atom. The van der Waals surface area contributed by atoms with E-state index in [-0.39, 0.29) is 25.0 Å². The summed E-state index contributed by atoms with van der Waals surface area (Å²) < 4.78 is 0. The highest BCUT2D eigenvalue weighted by Crippen LogP contribution is 2.22. The molecule has 0 spiro atoms. The molecule has 78 valence electrons. The van der Waals surface area contributed by atoms with Gasteiger partial charge in [0, 0.05) is 18.2 Å². The number of benzene rings is 1. The maximum absolute atomic E-state index is 9.30. The highest BCUT2D eigenvalue weighted by Gasteiger charge is 2.08. The molecule has 1 atom stereocenters. The van der Waals surface area contributed by atoms with Crippen LogP contribution in [0, 0.1) is 0 Å². The summed E-state index contributed by atoms with van der Waals surface area (Å²) in [7, 11) is 0. The van der Waals surface area contributed by atoms with Crippen LogP contribution < -0.4 is 5.73 Å². The van der Waals surface area contributed by atoms with Gasteiger partial charge in [-0.3, -0.25) is 0 Å². The number of rotatable bonds is 4. The standard InChI is InChI=1S/C10H15NO3/c11-9(3-4-12)7-1-2-10(14)8(5-7)6-13/h1-2,5,9,12-14H,3-4,6,11H2. The Kier molecular flexibility index (Phi) is 3.88. The Labute approximate surface area is 82.6 Å². The smallest absolute Gasteiger partial charge is 0.121 e. The number of aliphatic hydroxyl groups is 2. The fraction of sp³-hybridized carbons (Fsp3) is 0.400. The van der Waals surface area contributed by atoms with E-state index >= 15 is 0 Å². The van der Waals surface area contributed by atoms with Gasteiger partial charge < -0.3 is 21.1 Å². The second kappa shape index (κ2) is 4.95. The molecule has 0 aromatic heterocycles. The van der Waals surface area contributed by atoms with Crippen molar-refractivity contribution in [3.63, 3.8) is 0 Å². The summed E-state index contributed by atoms with van der Waals surface area (Å²) in [6.45, 7) is -0.192. The van der Waals surface area contributed by atoms with Crippen molar-refractivity contribution < 1.29 is 15.3 Å². The molecule has 0 amide bonds. The van der Waals surface area contributed by atoms with Crippen molar-refractivity contribution in [1.82, 2.24) is 0 Å². The van der Waals surface area contributed by atoms with E-state index in [4.69, 9.17) is 15.9 Å². The van der Waals surface area contributed by atoms with Crippen molar-refractivity contribution in [3.8, 4) is 5.75 Å². The maximum Gasteiger partial charge on any atom is 0.121 e. The average molecular weight is 197 g/mol. The van der Waals surface area contributed by atoms with Crippen LogP contribution in [0.15, 0.2) is 18.2 Å². The molecule has 0 saturated heterocycles. The minimum Gasteiger partial charge on any atom is -0.508 e. The Bertz CT molecular complexity index is 301. The second-order valence-corrected chi connectivity index (χ2v) is 3.17. The molecule has 0 aliphatic rings. The first-order valence-electron chi connectivity index (χ1n) is 4.48. The van der Waals surface area contributed by atoms with Gasteiger partial charge in [-0.1, -0.05) is 6.07 Å². The molecule has 4 heteroatoms. The molecule has 0 aliphatic carbocycles. The summed E-state index contributed by atoms with van der Waals surface area (Å²) in [5, 5.41) is 26.9. The molecular formula is C10H15NO3. The van der Waals surface area contributed by atoms with Crippen LogP contribution in [0.2, 0.25) is 0 Å². The van der Waals surface area contributed by atoms with Crippen LogP contribution in [-0.2, 0) is 6.61 Å². The molecule has 0 saturated carbocycles. The molecule has 1 unspecified atom stereocenters. The molecule has 1 aromatic rings. The minimum atomic E-state index is -0.258. The molecule has 0 fully saturated rings. The van der Waals surface area contributed by atoms with Crippen molar-refractivity contribution in [1.29, 1.82) is 0 Å². The van der Waals surface area contributed by atoms with Gasteiger partial charge in [0.15, 0.2) is 0 Å². The third-order valence-corrected chi connectivity index (χ3v) is 2.14. The first-order valence-corrected chi connectivity index (χ1v) is 4.48. The highest BCUT2D eigenvalue weighted by atomic mass is 16.3. The first-order chi connectivity index (χ1) is 6.69. The molecule has 0 heterocycles. The van der Waals surface area contributed by atoms with Crippen LogP contribution in [0.4, 0.5) is 0 Å². The van der Waals surface area contributed by atoms with E-state index in [0.717, 1.165) is 5.56 Å². The summed E-state index contributed by atoms with van der Waals surface area (Å²) >= 11 is 0. The molecular weight excluding hydrogens is 182 g/mol. The molecule has 1 aromatic carbocycles. The molecule has 0 radical (unpaired) electrons. The molecule has 0 bridgehead atoms. The Balaban J connectivity index is 2.88. The van der Waals surface area contributed by atoms with Crippen molar-refractivity contribution in [2.45, 2.75) is 19.1 Å². The van der Waals surface area contributed by atoms with Crippen LogP contribution >= 0.6 is 0 Å². The van der Waals surface area contributed by atoms with Crippen molar-refractivity contribution in [2.75, 3.05) is 6.61 Å². The first kappa shape index (κ1) is 11.0. The number of nitrogens with two attached hydrogens (primary N) is 1. The van der Waals surface area contributed by atoms with Gasteiger partial charge in [0.2, 0.25) is 0 Å². The number of aliphatic hydroxyl groups excluding tert-OH is 2. The summed E-state index contributed by atoms with van der Waals surface area (Å²) in [5.41, 5.74) is 7.02. The lowest BCUT2D eigenvalue weighted by Crippen LogP contribution is -2.12. The molecule has 0 aliphatic heterocycles. The van der Waals surface area contributed by atoms with Gasteiger partial charge in [0.25, 0.3) is 0 Å². The molecule has 4 nitrogen and oxygen atoms in total. The Morgan fingerprint density at radius 3 is 2.57 bits per heavy atom. The summed E-state index contributed by atoms with van der Waals surface area (Å²) in [6.07, 6.45) is 0.468. The van der Waals surface area contributed by atoms with E-state index in [9.17, 15) is 5.11 Å². The van der Waals surface area contributed by atoms with E-state index < -0.39 is 0 Å². The van der Waals surface area contributed by atoms with Crippen molar-refractivity contribution >= 4 is 0 Å². The minimum absolute atomic E-state index is 0.0243. The fourth-order valence-corrected chi connectivity index (χ4v) is 1.27. The number of hydrogen-bond acceptors (Lipinski definition) is 4. The van der Waals surface area contributed by atoms with E-state index in [1.807, 2.05) is 0 Å². The Hall–Kier alpha value is -1.10. The molecule has 5 N–H and O–H groups in total. The van der Waals surface area contributed by atoms with Crippen molar-refractivity contribution in [3.05, 3.63) is 29.3 Å². The number of aromatic hydroxyl groups is 1. The van der Waals surface area contributed by atoms with Crippen LogP contribution in [0.3, 0.4) is 0 Å². The van der Waals surface area contributed by atoms with Gasteiger partial charge >= 0.3 is 0 Å². The average Bonchev–Trinajstić information content (AvgIpc) is 2.19. The van der Waals surface area contributed by atoms with Crippen LogP contribution in [0.5, 0.6) is 5.75 Å². The fourth-order valence-electron chi connectivity index (χ4n) is 1.27. The summed E-state index contributed by atoms with van der Waals surface area (Å²) in [5.74, 6) is 0.0625. The topological polar surface area (TPSA) is 86.7 Å². The molecule has 1 rings (SSSR count). The predicted octanol–water partition coefficient (Wildman–Crippen LogP) is 0.267. The second-order valence-electron chi connectivity index (χ2n) is 3.17. The third kappa shape index (κ3) is 2.45. The normalized spacial score (nSPS) is 12.8. The lowest BCUT2D eigenvalue weighted by Gasteiger charge is -2.12. The zero-order valence-electron chi connectivity index (χ0n) is 7.85. The number of phenols is 1. The summed E-state index contributed by atoms with van der Waals surface area (Å²) in [6, 6.07) is 4.58. The lowest BCUT2D eigenvalue weighted by atomic mass is 10.0. The van der Waals surface area contributed by atoms with Gasteiger partial charge in [-0.25, -0.2) is 0 Å². The predicted molar refractivity (Wildman–Crippen MR) is 52.7 cm³/mol. The van der Waals surface area contributed by atoms with Crippen molar-refractivity contribution in [2.24, 2.45) is 5.73 Å². The zero-order chi connectivity index (χ0) is 10.6. The molecule has 14 heavy (non-hydrogen) atoms. The van der Waals surface area contributed by atoms with Gasteiger partial charge in [0.05, 0.1) is 6.61 Å². The van der Waals surface area contributed by atoms with Crippen LogP contribution in [-0.4, -0.2) is 21.9 Å². The van der Waals surface area contributed by atoms with Crippen LogP contribution in [0.1, 0.15) is 23.6 Å². The van der Waals surface area contributed by atoms with Crippen LogP contribution in [0.25, 0.3) is 0 Å². The van der Waals surface area contributed by atoms with Gasteiger partial charge in [-0.2, -0.15) is 0 Å². The lowest BCUT2D eigenvalue weighted by molar-refractivity contribution is 0.273. The van der Waals surface area contributed by atoms with Gasteiger partial charge in [0.1, 0.15) is 5.75 Å². The van der Waals surface area contributed by atoms with E-state index in [0.29, 0.717) is 12.0 Å². The highest BCUT2D eigenvalue weighted by molar-refractivity contribution is 5.36. The maximum atomic E-state index is 9.30. The van der Waals surface area contributed by atoms with Gasteiger partial charge in [-0.05, 0) is 24.1 Å². The monoisotopic (exact) mass is 197 g/mol. The zero-order valence-corrected chi connectivity index (χ0v) is 7.85. The Morgan fingerprint density at radius 2 is 2.00 bits per heavy atom. The van der Waals surface area contributed by atoms with E-state index in [1.165, 1.54) is 6.07 Å². The largest absolute Gasteiger partial charge is 0.508 e. The van der Waals surface area contributed by atoms with Gasteiger partial charge in [-0.15, -0.1) is 0 Å². The quantitative estimate of drug-likeness (QED) is 0.558.